The van der Waals surface area contributed by atoms with Crippen LogP contribution in [0.15, 0.2) is 17.5 Å². The summed E-state index contributed by atoms with van der Waals surface area (Å²) in [5, 5.41) is 7.47. The van der Waals surface area contributed by atoms with Crippen molar-refractivity contribution in [1.82, 2.24) is 15.2 Å². The number of aromatic nitrogens is 1. The number of benzene rings is 1. The first-order valence-corrected chi connectivity index (χ1v) is 10.9. The average Bonchev–Trinajstić information content (AvgIpc) is 3.18. The number of ether oxygens (including phenoxy) is 2. The zero-order valence-electron chi connectivity index (χ0n) is 18.8. The van der Waals surface area contributed by atoms with Gasteiger partial charge in [0.05, 0.1) is 25.5 Å². The van der Waals surface area contributed by atoms with Gasteiger partial charge in [-0.25, -0.2) is 4.98 Å². The van der Waals surface area contributed by atoms with Crippen molar-refractivity contribution in [2.75, 3.05) is 38.4 Å². The molecular weight excluding hydrogens is 418 g/mol. The minimum atomic E-state index is -0.444. The predicted molar refractivity (Wildman–Crippen MR) is 123 cm³/mol. The first-order valence-electron chi connectivity index (χ1n) is 10.00. The predicted octanol–water partition coefficient (Wildman–Crippen LogP) is 2.84. The molecular formula is C21H31N5O4S. The first kappa shape index (κ1) is 24.4. The number of rotatable bonds is 10. The molecule has 0 aliphatic heterocycles. The minimum absolute atomic E-state index is 0.247. The number of nitrogens with one attached hydrogen (secondary N) is 2. The highest BCUT2D eigenvalue weighted by atomic mass is 32.1. The molecule has 2 amide bonds. The van der Waals surface area contributed by atoms with Crippen molar-refractivity contribution >= 4 is 34.0 Å². The molecule has 0 saturated carbocycles. The highest BCUT2D eigenvalue weighted by Crippen LogP contribution is 2.31. The van der Waals surface area contributed by atoms with Gasteiger partial charge in [0.25, 0.3) is 11.8 Å². The van der Waals surface area contributed by atoms with E-state index in [1.807, 2.05) is 0 Å². The van der Waals surface area contributed by atoms with Crippen LogP contribution in [0.4, 0.5) is 10.8 Å². The molecule has 0 aliphatic carbocycles. The van der Waals surface area contributed by atoms with Gasteiger partial charge < -0.3 is 20.5 Å². The van der Waals surface area contributed by atoms with E-state index in [2.05, 4.69) is 48.2 Å². The van der Waals surface area contributed by atoms with Crippen molar-refractivity contribution in [3.63, 3.8) is 0 Å². The summed E-state index contributed by atoms with van der Waals surface area (Å²) < 4.78 is 10.4. The SMILES string of the molecule is COc1cc(C(=O)Nc2nc(C(=O)NCCN(C(C)C)C(C)C)cs2)c(OC)cc1N. The molecule has 0 bridgehead atoms. The third kappa shape index (κ3) is 6.31. The summed E-state index contributed by atoms with van der Waals surface area (Å²) in [6.45, 7) is 9.77. The Kier molecular flexibility index (Phi) is 8.64. The number of anilines is 2. The number of nitrogen functional groups attached to an aromatic ring is 1. The van der Waals surface area contributed by atoms with Crippen LogP contribution < -0.4 is 25.8 Å². The van der Waals surface area contributed by atoms with Crippen LogP contribution in [0.5, 0.6) is 11.5 Å². The molecule has 0 radical (unpaired) electrons. The fourth-order valence-electron chi connectivity index (χ4n) is 3.20. The highest BCUT2D eigenvalue weighted by molar-refractivity contribution is 7.14. The molecule has 1 aromatic heterocycles. The summed E-state index contributed by atoms with van der Waals surface area (Å²) in [5.74, 6) is -0.0518. The largest absolute Gasteiger partial charge is 0.496 e. The summed E-state index contributed by atoms with van der Waals surface area (Å²) >= 11 is 1.17. The van der Waals surface area contributed by atoms with E-state index in [9.17, 15) is 9.59 Å². The molecule has 4 N–H and O–H groups in total. The number of nitrogens with zero attached hydrogens (tertiary/aromatic N) is 2. The van der Waals surface area contributed by atoms with Gasteiger partial charge in [-0.15, -0.1) is 11.3 Å². The first-order chi connectivity index (χ1) is 14.7. The van der Waals surface area contributed by atoms with E-state index in [1.54, 1.807) is 5.38 Å². The van der Waals surface area contributed by atoms with Gasteiger partial charge in [0.15, 0.2) is 5.13 Å². The zero-order chi connectivity index (χ0) is 23.1. The minimum Gasteiger partial charge on any atom is -0.496 e. The molecule has 10 heteroatoms. The molecule has 170 valence electrons. The van der Waals surface area contributed by atoms with E-state index < -0.39 is 5.91 Å². The molecule has 0 spiro atoms. The molecule has 2 aromatic rings. The number of nitrogens with two attached hydrogens (primary N) is 1. The van der Waals surface area contributed by atoms with Gasteiger partial charge in [-0.1, -0.05) is 0 Å². The van der Waals surface area contributed by atoms with Crippen LogP contribution in [0.1, 0.15) is 48.5 Å². The zero-order valence-corrected chi connectivity index (χ0v) is 19.6. The molecule has 0 fully saturated rings. The third-order valence-electron chi connectivity index (χ3n) is 4.74. The molecule has 1 aromatic carbocycles. The van der Waals surface area contributed by atoms with Gasteiger partial charge in [-0.3, -0.25) is 19.8 Å². The van der Waals surface area contributed by atoms with E-state index in [4.69, 9.17) is 15.2 Å². The van der Waals surface area contributed by atoms with E-state index in [0.717, 1.165) is 6.54 Å². The van der Waals surface area contributed by atoms with E-state index in [-0.39, 0.29) is 17.2 Å². The van der Waals surface area contributed by atoms with Crippen LogP contribution >= 0.6 is 11.3 Å². The van der Waals surface area contributed by atoms with Crippen molar-refractivity contribution in [2.45, 2.75) is 39.8 Å². The molecule has 0 saturated heterocycles. The van der Waals surface area contributed by atoms with Crippen LogP contribution in [-0.2, 0) is 0 Å². The maximum absolute atomic E-state index is 12.7. The van der Waals surface area contributed by atoms with Crippen molar-refractivity contribution in [1.29, 1.82) is 0 Å². The molecule has 0 atom stereocenters. The Labute approximate surface area is 186 Å². The highest BCUT2D eigenvalue weighted by Gasteiger charge is 2.19. The second-order valence-electron chi connectivity index (χ2n) is 7.47. The fraction of sp³-hybridized carbons (Fsp3) is 0.476. The lowest BCUT2D eigenvalue weighted by Crippen LogP contribution is -2.42. The standard InChI is InChI=1S/C21H31N5O4S/c1-12(2)26(13(3)4)8-7-23-20(28)16-11-31-21(24-16)25-19(27)14-9-18(30-6)15(22)10-17(14)29-5/h9-13H,7-8,22H2,1-6H3,(H,23,28)(H,24,25,27). The average molecular weight is 450 g/mol. The summed E-state index contributed by atoms with van der Waals surface area (Å²) in [7, 11) is 2.91. The quantitative estimate of drug-likeness (QED) is 0.477. The fourth-order valence-corrected chi connectivity index (χ4v) is 3.89. The van der Waals surface area contributed by atoms with Crippen molar-refractivity contribution in [2.24, 2.45) is 0 Å². The summed E-state index contributed by atoms with van der Waals surface area (Å²) in [4.78, 5) is 31.6. The Morgan fingerprint density at radius 1 is 1.10 bits per heavy atom. The molecule has 1 heterocycles. The monoisotopic (exact) mass is 449 g/mol. The number of hydrogen-bond donors (Lipinski definition) is 3. The maximum atomic E-state index is 12.7. The number of carbonyl (C=O) groups is 2. The van der Waals surface area contributed by atoms with Crippen molar-refractivity contribution in [3.05, 3.63) is 28.8 Å². The van der Waals surface area contributed by atoms with E-state index in [0.29, 0.717) is 40.9 Å². The van der Waals surface area contributed by atoms with Crippen molar-refractivity contribution in [3.8, 4) is 11.5 Å². The van der Waals surface area contributed by atoms with Gasteiger partial charge in [-0.05, 0) is 33.8 Å². The van der Waals surface area contributed by atoms with Crippen molar-refractivity contribution < 1.29 is 19.1 Å². The lowest BCUT2D eigenvalue weighted by Gasteiger charge is -2.30. The lowest BCUT2D eigenvalue weighted by molar-refractivity contribution is 0.0934. The van der Waals surface area contributed by atoms with Gasteiger partial charge in [0.2, 0.25) is 0 Å². The number of methoxy groups -OCH3 is 2. The van der Waals surface area contributed by atoms with Gasteiger partial charge in [-0.2, -0.15) is 0 Å². The topological polar surface area (TPSA) is 119 Å². The number of hydrogen-bond acceptors (Lipinski definition) is 8. The van der Waals surface area contributed by atoms with Gasteiger partial charge in [0.1, 0.15) is 17.2 Å². The summed E-state index contributed by atoms with van der Waals surface area (Å²) in [5.41, 5.74) is 6.72. The van der Waals surface area contributed by atoms with Crippen LogP contribution in [0.3, 0.4) is 0 Å². The van der Waals surface area contributed by atoms with Crippen LogP contribution in [0.25, 0.3) is 0 Å². The van der Waals surface area contributed by atoms with Crippen LogP contribution in [0.2, 0.25) is 0 Å². The summed E-state index contributed by atoms with van der Waals surface area (Å²) in [6, 6.07) is 3.80. The van der Waals surface area contributed by atoms with Crippen LogP contribution in [0, 0.1) is 0 Å². The Bertz CT molecular complexity index is 905. The molecule has 0 unspecified atom stereocenters. The van der Waals surface area contributed by atoms with Gasteiger partial charge in [0, 0.05) is 36.6 Å². The normalized spacial score (nSPS) is 11.1. The Morgan fingerprint density at radius 3 is 2.32 bits per heavy atom. The molecule has 2 rings (SSSR count). The molecule has 9 nitrogen and oxygen atoms in total. The number of thiazole rings is 1. The second-order valence-corrected chi connectivity index (χ2v) is 8.33. The Morgan fingerprint density at radius 2 is 1.74 bits per heavy atom. The maximum Gasteiger partial charge on any atom is 0.270 e. The third-order valence-corrected chi connectivity index (χ3v) is 5.49. The van der Waals surface area contributed by atoms with Gasteiger partial charge >= 0.3 is 0 Å². The molecule has 31 heavy (non-hydrogen) atoms. The van der Waals surface area contributed by atoms with E-state index in [1.165, 1.54) is 37.7 Å². The Hall–Kier alpha value is -2.85. The van der Waals surface area contributed by atoms with E-state index >= 15 is 0 Å². The van der Waals surface area contributed by atoms with Crippen LogP contribution in [-0.4, -0.2) is 61.1 Å². The Balaban J connectivity index is 2.01. The number of amides is 2. The lowest BCUT2D eigenvalue weighted by atomic mass is 10.1. The second kappa shape index (κ2) is 11.0. The summed E-state index contributed by atoms with van der Waals surface area (Å²) in [6.07, 6.45) is 0. The smallest absolute Gasteiger partial charge is 0.270 e. The number of carbonyl (C=O) groups excluding carboxylic acids is 2. The molecule has 0 aliphatic rings.